The largest absolute Gasteiger partial charge is 0.294 e. The van der Waals surface area contributed by atoms with Crippen LogP contribution in [0.3, 0.4) is 0 Å². The summed E-state index contributed by atoms with van der Waals surface area (Å²) in [6, 6.07) is 0. The zero-order valence-electron chi connectivity index (χ0n) is 5.78. The van der Waals surface area contributed by atoms with E-state index in [1.807, 2.05) is 0 Å². The van der Waals surface area contributed by atoms with Crippen LogP contribution in [0.4, 0.5) is 0 Å². The maximum Gasteiger partial charge on any atom is 0.0388 e. The maximum atomic E-state index is 4.22. The number of rotatable bonds is 3. The van der Waals surface area contributed by atoms with E-state index in [9.17, 15) is 0 Å². The van der Waals surface area contributed by atoms with Crippen LogP contribution in [0, 0.1) is 6.92 Å². The zero-order valence-corrected chi connectivity index (χ0v) is 5.78. The summed E-state index contributed by atoms with van der Waals surface area (Å²) in [7, 11) is 0. The normalized spacial score (nSPS) is 12.1. The van der Waals surface area contributed by atoms with E-state index in [4.69, 9.17) is 0 Å². The van der Waals surface area contributed by atoms with Gasteiger partial charge >= 0.3 is 0 Å². The van der Waals surface area contributed by atoms with E-state index in [0.717, 1.165) is 19.4 Å². The number of aliphatic imine (C=N–C) groups is 1. The van der Waals surface area contributed by atoms with Crippen molar-refractivity contribution in [3.8, 4) is 0 Å². The summed E-state index contributed by atoms with van der Waals surface area (Å²) < 4.78 is 0. The molecule has 0 aromatic carbocycles. The van der Waals surface area contributed by atoms with Crippen molar-refractivity contribution in [2.45, 2.75) is 26.7 Å². The van der Waals surface area contributed by atoms with Gasteiger partial charge in [-0.1, -0.05) is 13.8 Å². The molecular formula is C7H14N. The molecule has 0 N–H and O–H groups in total. The van der Waals surface area contributed by atoms with Gasteiger partial charge in [-0.05, 0) is 19.8 Å². The Kier molecular flexibility index (Phi) is 4.62. The van der Waals surface area contributed by atoms with Crippen LogP contribution in [0.15, 0.2) is 4.99 Å². The molecule has 0 saturated heterocycles. The standard InChI is InChI=1S/C7H14N/c1-4-6-8-7(3)5-2/h1,4-6H2,2-3H3. The van der Waals surface area contributed by atoms with Crippen molar-refractivity contribution in [2.24, 2.45) is 4.99 Å². The SMILES string of the molecule is [CH2]CCN=C(C)CC. The summed E-state index contributed by atoms with van der Waals surface area (Å²) in [5, 5.41) is 0. The summed E-state index contributed by atoms with van der Waals surface area (Å²) in [6.07, 6.45) is 1.98. The molecule has 0 amide bonds. The van der Waals surface area contributed by atoms with Gasteiger partial charge in [0.1, 0.15) is 0 Å². The quantitative estimate of drug-likeness (QED) is 0.496. The number of hydrogen-bond acceptors (Lipinski definition) is 1. The van der Waals surface area contributed by atoms with Gasteiger partial charge in [-0.2, -0.15) is 0 Å². The third kappa shape index (κ3) is 3.85. The second-order valence-electron chi connectivity index (χ2n) is 1.82. The molecular weight excluding hydrogens is 98.1 g/mol. The van der Waals surface area contributed by atoms with E-state index >= 15 is 0 Å². The Hall–Kier alpha value is -0.330. The smallest absolute Gasteiger partial charge is 0.0388 e. The molecule has 0 atom stereocenters. The molecule has 8 heavy (non-hydrogen) atoms. The first-order valence-electron chi connectivity index (χ1n) is 3.10. The molecule has 0 aromatic rings. The fourth-order valence-corrected chi connectivity index (χ4v) is 0.382. The third-order valence-corrected chi connectivity index (χ3v) is 1.05. The Morgan fingerprint density at radius 3 is 2.62 bits per heavy atom. The van der Waals surface area contributed by atoms with E-state index in [-0.39, 0.29) is 0 Å². The predicted octanol–water partition coefficient (Wildman–Crippen LogP) is 2.08. The third-order valence-electron chi connectivity index (χ3n) is 1.05. The maximum absolute atomic E-state index is 4.22. The molecule has 0 aliphatic heterocycles. The number of hydrogen-bond donors (Lipinski definition) is 0. The van der Waals surface area contributed by atoms with Gasteiger partial charge in [0.15, 0.2) is 0 Å². The van der Waals surface area contributed by atoms with Crippen LogP contribution in [-0.4, -0.2) is 12.3 Å². The van der Waals surface area contributed by atoms with Crippen LogP contribution in [0.1, 0.15) is 26.7 Å². The van der Waals surface area contributed by atoms with Gasteiger partial charge in [0.25, 0.3) is 0 Å². The lowest BCUT2D eigenvalue weighted by atomic mass is 10.3. The first-order chi connectivity index (χ1) is 3.81. The van der Waals surface area contributed by atoms with Gasteiger partial charge in [-0.15, -0.1) is 0 Å². The minimum Gasteiger partial charge on any atom is -0.294 e. The average Bonchev–Trinajstić information content (AvgIpc) is 1.83. The molecule has 0 aliphatic rings. The molecule has 0 aromatic heterocycles. The van der Waals surface area contributed by atoms with Gasteiger partial charge in [0.2, 0.25) is 0 Å². The number of nitrogens with zero attached hydrogens (tertiary/aromatic N) is 1. The Balaban J connectivity index is 3.26. The van der Waals surface area contributed by atoms with Crippen molar-refractivity contribution < 1.29 is 0 Å². The molecule has 0 aliphatic carbocycles. The molecule has 1 heteroatoms. The fourth-order valence-electron chi connectivity index (χ4n) is 0.382. The molecule has 0 fully saturated rings. The minimum absolute atomic E-state index is 0.889. The van der Waals surface area contributed by atoms with Crippen molar-refractivity contribution in [3.05, 3.63) is 6.92 Å². The van der Waals surface area contributed by atoms with E-state index in [0.29, 0.717) is 0 Å². The molecule has 0 rings (SSSR count). The van der Waals surface area contributed by atoms with E-state index in [1.54, 1.807) is 0 Å². The van der Waals surface area contributed by atoms with Gasteiger partial charge in [0, 0.05) is 12.3 Å². The lowest BCUT2D eigenvalue weighted by molar-refractivity contribution is 0.991. The van der Waals surface area contributed by atoms with Gasteiger partial charge < -0.3 is 0 Å². The highest BCUT2D eigenvalue weighted by molar-refractivity contribution is 5.81. The van der Waals surface area contributed by atoms with Crippen molar-refractivity contribution in [2.75, 3.05) is 6.54 Å². The Morgan fingerprint density at radius 2 is 2.25 bits per heavy atom. The lowest BCUT2D eigenvalue weighted by Crippen LogP contribution is -1.88. The summed E-state index contributed by atoms with van der Waals surface area (Å²) in [4.78, 5) is 4.22. The van der Waals surface area contributed by atoms with Crippen LogP contribution in [0.5, 0.6) is 0 Å². The van der Waals surface area contributed by atoms with Crippen LogP contribution >= 0.6 is 0 Å². The van der Waals surface area contributed by atoms with Gasteiger partial charge in [-0.25, -0.2) is 0 Å². The fraction of sp³-hybridized carbons (Fsp3) is 0.714. The summed E-state index contributed by atoms with van der Waals surface area (Å²) in [6.45, 7) is 8.74. The Bertz CT molecular complexity index is 74.5. The summed E-state index contributed by atoms with van der Waals surface area (Å²) >= 11 is 0. The molecule has 1 radical (unpaired) electrons. The van der Waals surface area contributed by atoms with Crippen LogP contribution < -0.4 is 0 Å². The Morgan fingerprint density at radius 1 is 1.62 bits per heavy atom. The molecule has 0 saturated carbocycles. The molecule has 0 spiro atoms. The van der Waals surface area contributed by atoms with E-state index in [1.165, 1.54) is 5.71 Å². The first kappa shape index (κ1) is 7.67. The molecule has 47 valence electrons. The second-order valence-corrected chi connectivity index (χ2v) is 1.82. The van der Waals surface area contributed by atoms with Crippen LogP contribution in [-0.2, 0) is 0 Å². The van der Waals surface area contributed by atoms with Crippen molar-refractivity contribution in [3.63, 3.8) is 0 Å². The topological polar surface area (TPSA) is 12.4 Å². The van der Waals surface area contributed by atoms with Crippen molar-refractivity contribution in [1.29, 1.82) is 0 Å². The average molecular weight is 112 g/mol. The van der Waals surface area contributed by atoms with E-state index < -0.39 is 0 Å². The van der Waals surface area contributed by atoms with Crippen molar-refractivity contribution >= 4 is 5.71 Å². The van der Waals surface area contributed by atoms with Gasteiger partial charge in [-0.3, -0.25) is 4.99 Å². The molecule has 0 bridgehead atoms. The van der Waals surface area contributed by atoms with Crippen LogP contribution in [0.25, 0.3) is 0 Å². The highest BCUT2D eigenvalue weighted by Gasteiger charge is 1.80. The Labute approximate surface area is 51.8 Å². The second kappa shape index (κ2) is 4.82. The lowest BCUT2D eigenvalue weighted by Gasteiger charge is -1.91. The highest BCUT2D eigenvalue weighted by atomic mass is 14.7. The summed E-state index contributed by atoms with van der Waals surface area (Å²) in [5.74, 6) is 0. The summed E-state index contributed by atoms with van der Waals surface area (Å²) in [5.41, 5.74) is 1.23. The minimum atomic E-state index is 0.889. The molecule has 0 heterocycles. The zero-order chi connectivity index (χ0) is 6.41. The highest BCUT2D eigenvalue weighted by Crippen LogP contribution is 1.85. The molecule has 0 unspecified atom stereocenters. The van der Waals surface area contributed by atoms with Gasteiger partial charge in [0.05, 0.1) is 0 Å². The predicted molar refractivity (Wildman–Crippen MR) is 38.2 cm³/mol. The van der Waals surface area contributed by atoms with E-state index in [2.05, 4.69) is 25.8 Å². The monoisotopic (exact) mass is 112 g/mol. The van der Waals surface area contributed by atoms with Crippen LogP contribution in [0.2, 0.25) is 0 Å². The molecule has 1 nitrogen and oxygen atoms in total. The van der Waals surface area contributed by atoms with Crippen molar-refractivity contribution in [1.82, 2.24) is 0 Å². The first-order valence-corrected chi connectivity index (χ1v) is 3.10.